The minimum absolute atomic E-state index is 0.403. The Hall–Kier alpha value is -0.900. The molecule has 0 saturated carbocycles. The molecule has 4 heteroatoms. The summed E-state index contributed by atoms with van der Waals surface area (Å²) in [6.45, 7) is 8.66. The Kier molecular flexibility index (Phi) is 3.59. The number of nitrogens with zero attached hydrogens (tertiary/aromatic N) is 2. The van der Waals surface area contributed by atoms with Gasteiger partial charge in [0.2, 0.25) is 5.89 Å². The quantitative estimate of drug-likeness (QED) is 0.848. The van der Waals surface area contributed by atoms with Gasteiger partial charge in [0.15, 0.2) is 5.82 Å². The predicted molar refractivity (Wildman–Crippen MR) is 62.2 cm³/mol. The lowest BCUT2D eigenvalue weighted by Crippen LogP contribution is -2.08. The van der Waals surface area contributed by atoms with Gasteiger partial charge < -0.3 is 9.84 Å². The minimum Gasteiger partial charge on any atom is -0.339 e. The monoisotopic (exact) mass is 223 g/mol. The van der Waals surface area contributed by atoms with E-state index in [-0.39, 0.29) is 0 Å². The Morgan fingerprint density at radius 1 is 1.44 bits per heavy atom. The Morgan fingerprint density at radius 3 is 2.88 bits per heavy atom. The zero-order chi connectivity index (χ0) is 11.5. The van der Waals surface area contributed by atoms with Gasteiger partial charge in [-0.25, -0.2) is 0 Å². The second-order valence-electron chi connectivity index (χ2n) is 5.22. The van der Waals surface area contributed by atoms with Gasteiger partial charge in [-0.1, -0.05) is 25.9 Å². The van der Waals surface area contributed by atoms with E-state index in [4.69, 9.17) is 4.52 Å². The summed E-state index contributed by atoms with van der Waals surface area (Å²) < 4.78 is 5.35. The summed E-state index contributed by atoms with van der Waals surface area (Å²) in [6.07, 6.45) is 2.05. The van der Waals surface area contributed by atoms with Crippen molar-refractivity contribution in [2.45, 2.75) is 39.5 Å². The molecule has 2 heterocycles. The van der Waals surface area contributed by atoms with Crippen LogP contribution in [-0.2, 0) is 6.42 Å². The third-order valence-electron chi connectivity index (χ3n) is 3.26. The lowest BCUT2D eigenvalue weighted by molar-refractivity contribution is 0.336. The van der Waals surface area contributed by atoms with Gasteiger partial charge in [0.25, 0.3) is 0 Å². The highest BCUT2D eigenvalue weighted by Gasteiger charge is 2.29. The van der Waals surface area contributed by atoms with Gasteiger partial charge in [-0.2, -0.15) is 4.98 Å². The molecule has 1 aromatic heterocycles. The van der Waals surface area contributed by atoms with Crippen molar-refractivity contribution < 1.29 is 4.52 Å². The molecule has 1 aromatic rings. The molecule has 0 bridgehead atoms. The summed E-state index contributed by atoms with van der Waals surface area (Å²) in [5.41, 5.74) is 0. The molecule has 1 fully saturated rings. The fraction of sp³-hybridized carbons (Fsp3) is 0.833. The van der Waals surface area contributed by atoms with Gasteiger partial charge >= 0.3 is 0 Å². The zero-order valence-electron chi connectivity index (χ0n) is 10.4. The van der Waals surface area contributed by atoms with Gasteiger partial charge in [0.05, 0.1) is 5.92 Å². The first kappa shape index (κ1) is 11.6. The van der Waals surface area contributed by atoms with Crippen molar-refractivity contribution in [2.24, 2.45) is 11.8 Å². The van der Waals surface area contributed by atoms with Crippen LogP contribution in [0.5, 0.6) is 0 Å². The standard InChI is InChI=1S/C12H21N3O/c1-8(2)4-5-11-14-12(16-15-11)10-7-13-6-9(10)3/h8-10,13H,4-7H2,1-3H3/t9-,10-/m1/s1. The molecule has 1 saturated heterocycles. The summed E-state index contributed by atoms with van der Waals surface area (Å²) in [7, 11) is 0. The van der Waals surface area contributed by atoms with Gasteiger partial charge in [-0.15, -0.1) is 0 Å². The first-order chi connectivity index (χ1) is 7.66. The molecule has 0 radical (unpaired) electrons. The number of aryl methyl sites for hydroxylation is 1. The number of nitrogens with one attached hydrogen (secondary N) is 1. The topological polar surface area (TPSA) is 51.0 Å². The van der Waals surface area contributed by atoms with E-state index in [0.29, 0.717) is 17.8 Å². The molecule has 0 unspecified atom stereocenters. The van der Waals surface area contributed by atoms with Crippen LogP contribution in [0.15, 0.2) is 4.52 Å². The van der Waals surface area contributed by atoms with Crippen LogP contribution in [-0.4, -0.2) is 23.2 Å². The predicted octanol–water partition coefficient (Wildman–Crippen LogP) is 1.98. The van der Waals surface area contributed by atoms with Crippen LogP contribution in [0.2, 0.25) is 0 Å². The van der Waals surface area contributed by atoms with Crippen molar-refractivity contribution in [3.63, 3.8) is 0 Å². The van der Waals surface area contributed by atoms with Crippen LogP contribution in [0, 0.1) is 11.8 Å². The maximum Gasteiger partial charge on any atom is 0.231 e. The molecule has 0 aliphatic carbocycles. The first-order valence-electron chi connectivity index (χ1n) is 6.20. The lowest BCUT2D eigenvalue weighted by Gasteiger charge is -2.07. The molecule has 2 rings (SSSR count). The lowest BCUT2D eigenvalue weighted by atomic mass is 9.98. The van der Waals surface area contributed by atoms with Crippen LogP contribution < -0.4 is 5.32 Å². The molecular formula is C12H21N3O. The number of rotatable bonds is 4. The average Bonchev–Trinajstić information content (AvgIpc) is 2.83. The van der Waals surface area contributed by atoms with E-state index in [1.807, 2.05) is 0 Å². The molecule has 0 spiro atoms. The van der Waals surface area contributed by atoms with Gasteiger partial charge in [0.1, 0.15) is 0 Å². The van der Waals surface area contributed by atoms with Gasteiger partial charge in [-0.3, -0.25) is 0 Å². The third-order valence-corrected chi connectivity index (χ3v) is 3.26. The number of hydrogen-bond acceptors (Lipinski definition) is 4. The highest BCUT2D eigenvalue weighted by atomic mass is 16.5. The van der Waals surface area contributed by atoms with Crippen molar-refractivity contribution in [3.8, 4) is 0 Å². The maximum absolute atomic E-state index is 5.35. The molecule has 1 N–H and O–H groups in total. The van der Waals surface area contributed by atoms with E-state index in [2.05, 4.69) is 36.2 Å². The third kappa shape index (κ3) is 2.61. The molecule has 90 valence electrons. The number of aromatic nitrogens is 2. The van der Waals surface area contributed by atoms with Crippen molar-refractivity contribution in [2.75, 3.05) is 13.1 Å². The van der Waals surface area contributed by atoms with Crippen LogP contribution in [0.1, 0.15) is 44.8 Å². The van der Waals surface area contributed by atoms with Crippen molar-refractivity contribution >= 4 is 0 Å². The van der Waals surface area contributed by atoms with E-state index in [1.54, 1.807) is 0 Å². The fourth-order valence-electron chi connectivity index (χ4n) is 2.08. The minimum atomic E-state index is 0.403. The molecule has 2 atom stereocenters. The van der Waals surface area contributed by atoms with E-state index < -0.39 is 0 Å². The Bertz CT molecular complexity index is 335. The van der Waals surface area contributed by atoms with Crippen molar-refractivity contribution in [1.82, 2.24) is 15.5 Å². The zero-order valence-corrected chi connectivity index (χ0v) is 10.4. The van der Waals surface area contributed by atoms with Gasteiger partial charge in [0, 0.05) is 13.0 Å². The maximum atomic E-state index is 5.35. The molecular weight excluding hydrogens is 202 g/mol. The SMILES string of the molecule is CC(C)CCc1noc([C@@H]2CNC[C@H]2C)n1. The first-order valence-corrected chi connectivity index (χ1v) is 6.20. The number of hydrogen-bond donors (Lipinski definition) is 1. The normalized spacial score (nSPS) is 25.5. The van der Waals surface area contributed by atoms with E-state index in [9.17, 15) is 0 Å². The Balaban J connectivity index is 1.96. The summed E-state index contributed by atoms with van der Waals surface area (Å²) in [4.78, 5) is 4.50. The Labute approximate surface area is 96.8 Å². The van der Waals surface area contributed by atoms with Crippen LogP contribution >= 0.6 is 0 Å². The molecule has 1 aliphatic heterocycles. The summed E-state index contributed by atoms with van der Waals surface area (Å²) in [6, 6.07) is 0. The molecule has 0 aromatic carbocycles. The molecule has 4 nitrogen and oxygen atoms in total. The van der Waals surface area contributed by atoms with Crippen molar-refractivity contribution in [3.05, 3.63) is 11.7 Å². The smallest absolute Gasteiger partial charge is 0.231 e. The fourth-order valence-corrected chi connectivity index (χ4v) is 2.08. The van der Waals surface area contributed by atoms with Gasteiger partial charge in [-0.05, 0) is 24.8 Å². The summed E-state index contributed by atoms with van der Waals surface area (Å²) >= 11 is 0. The van der Waals surface area contributed by atoms with E-state index >= 15 is 0 Å². The molecule has 0 amide bonds. The summed E-state index contributed by atoms with van der Waals surface area (Å²) in [5, 5.41) is 7.41. The molecule has 16 heavy (non-hydrogen) atoms. The average molecular weight is 223 g/mol. The van der Waals surface area contributed by atoms with Crippen molar-refractivity contribution in [1.29, 1.82) is 0 Å². The van der Waals surface area contributed by atoms with E-state index in [0.717, 1.165) is 37.6 Å². The molecule has 1 aliphatic rings. The van der Waals surface area contributed by atoms with Crippen LogP contribution in [0.25, 0.3) is 0 Å². The summed E-state index contributed by atoms with van der Waals surface area (Å²) in [5.74, 6) is 3.37. The van der Waals surface area contributed by atoms with Crippen LogP contribution in [0.3, 0.4) is 0 Å². The second-order valence-corrected chi connectivity index (χ2v) is 5.22. The highest BCUT2D eigenvalue weighted by Crippen LogP contribution is 2.26. The Morgan fingerprint density at radius 2 is 2.25 bits per heavy atom. The largest absolute Gasteiger partial charge is 0.339 e. The highest BCUT2D eigenvalue weighted by molar-refractivity contribution is 5.01. The van der Waals surface area contributed by atoms with E-state index in [1.165, 1.54) is 0 Å². The second kappa shape index (κ2) is 4.95. The van der Waals surface area contributed by atoms with Crippen LogP contribution in [0.4, 0.5) is 0 Å².